The predicted molar refractivity (Wildman–Crippen MR) is 132 cm³/mol. The molecule has 0 aliphatic carbocycles. The molecule has 1 fully saturated rings. The first kappa shape index (κ1) is 27.4. The van der Waals surface area contributed by atoms with Gasteiger partial charge in [-0.3, -0.25) is 4.79 Å². The summed E-state index contributed by atoms with van der Waals surface area (Å²) >= 11 is 0. The third-order valence-electron chi connectivity index (χ3n) is 5.14. The summed E-state index contributed by atoms with van der Waals surface area (Å²) < 4.78 is 5.30. The molecule has 1 heterocycles. The van der Waals surface area contributed by atoms with E-state index in [0.29, 0.717) is 17.9 Å². The first-order valence-corrected chi connectivity index (χ1v) is 10.8. The molecule has 33 heavy (non-hydrogen) atoms. The minimum atomic E-state index is -0.0821. The smallest absolute Gasteiger partial charge is 0.255 e. The van der Waals surface area contributed by atoms with E-state index in [9.17, 15) is 4.79 Å². The molecule has 7 heteroatoms. The fourth-order valence-electron chi connectivity index (χ4n) is 3.54. The lowest BCUT2D eigenvalue weighted by molar-refractivity contribution is 0.0934. The Morgan fingerprint density at radius 2 is 1.76 bits per heavy atom. The summed E-state index contributed by atoms with van der Waals surface area (Å²) in [4.78, 5) is 15.4. The highest BCUT2D eigenvalue weighted by Crippen LogP contribution is 2.33. The quantitative estimate of drug-likeness (QED) is 0.399. The third-order valence-corrected chi connectivity index (χ3v) is 5.14. The van der Waals surface area contributed by atoms with Gasteiger partial charge in [-0.25, -0.2) is 0 Å². The molecule has 2 aromatic carbocycles. The molecule has 0 aromatic heterocycles. The fourth-order valence-corrected chi connectivity index (χ4v) is 3.54. The van der Waals surface area contributed by atoms with Crippen LogP contribution >= 0.6 is 0 Å². The average molecular weight is 448 g/mol. The van der Waals surface area contributed by atoms with E-state index in [1.54, 1.807) is 33.1 Å². The van der Waals surface area contributed by atoms with Crippen molar-refractivity contribution in [2.75, 3.05) is 26.7 Å². The fraction of sp³-hybridized carbons (Fsp3) is 0.385. The molecule has 2 aromatic rings. The van der Waals surface area contributed by atoms with E-state index >= 15 is 0 Å². The predicted octanol–water partition coefficient (Wildman–Crippen LogP) is 4.58. The van der Waals surface area contributed by atoms with Gasteiger partial charge in [-0.05, 0) is 57.5 Å². The number of rotatable bonds is 5. The number of piperidine rings is 1. The SMILES string of the molecule is CC#N.COc1ccccc1C(=O)NCC1(c2ccccc2)CCNCC1.[C-]#[N+]N=C(C)C. The number of methoxy groups -OCH3 is 1. The minimum Gasteiger partial charge on any atom is -0.496 e. The number of carbonyl (C=O) groups excluding carboxylic acids is 1. The first-order valence-electron chi connectivity index (χ1n) is 10.8. The lowest BCUT2D eigenvalue weighted by atomic mass is 9.73. The summed E-state index contributed by atoms with van der Waals surface area (Å²) in [6.45, 7) is 13.8. The molecule has 0 unspecified atom stereocenters. The van der Waals surface area contributed by atoms with Crippen LogP contribution in [0.4, 0.5) is 0 Å². The molecule has 0 bridgehead atoms. The number of amides is 1. The van der Waals surface area contributed by atoms with Crippen LogP contribution in [0.5, 0.6) is 5.75 Å². The van der Waals surface area contributed by atoms with Crippen LogP contribution < -0.4 is 15.4 Å². The first-order chi connectivity index (χ1) is 15.9. The van der Waals surface area contributed by atoms with Gasteiger partial charge in [0.15, 0.2) is 0 Å². The maximum absolute atomic E-state index is 12.6. The highest BCUT2D eigenvalue weighted by Gasteiger charge is 2.34. The van der Waals surface area contributed by atoms with Crippen molar-refractivity contribution in [2.24, 2.45) is 5.10 Å². The van der Waals surface area contributed by atoms with E-state index in [2.05, 4.69) is 45.0 Å². The lowest BCUT2D eigenvalue weighted by Crippen LogP contribution is -2.47. The Kier molecular flexibility index (Phi) is 12.6. The molecule has 2 N–H and O–H groups in total. The second kappa shape index (κ2) is 15.2. The summed E-state index contributed by atoms with van der Waals surface area (Å²) in [5, 5.41) is 17.2. The van der Waals surface area contributed by atoms with Crippen LogP contribution in [0.3, 0.4) is 0 Å². The zero-order valence-corrected chi connectivity index (χ0v) is 19.9. The Balaban J connectivity index is 0.000000518. The van der Waals surface area contributed by atoms with Gasteiger partial charge in [0.1, 0.15) is 5.75 Å². The third kappa shape index (κ3) is 9.14. The molecule has 0 saturated carbocycles. The topological polar surface area (TPSA) is 90.9 Å². The summed E-state index contributed by atoms with van der Waals surface area (Å²) in [6.07, 6.45) is 2.03. The monoisotopic (exact) mass is 447 g/mol. The number of benzene rings is 2. The standard InChI is InChI=1S/C20H24N2O2.C4H6N2.C2H3N/c1-24-18-10-6-5-9-17(18)19(23)22-15-20(11-13-21-14-12-20)16-7-3-2-4-8-16;1-4(2)6-5-3;1-2-3/h2-10,21H,11-15H2,1H3,(H,22,23);1-2H3;1H3. The van der Waals surface area contributed by atoms with Gasteiger partial charge in [-0.1, -0.05) is 42.5 Å². The molecule has 174 valence electrons. The van der Waals surface area contributed by atoms with Gasteiger partial charge in [0, 0.05) is 18.9 Å². The molecule has 0 atom stereocenters. The summed E-state index contributed by atoms with van der Waals surface area (Å²) in [7, 11) is 1.59. The number of nitrogens with zero attached hydrogens (tertiary/aromatic N) is 3. The van der Waals surface area contributed by atoms with E-state index in [-0.39, 0.29) is 11.3 Å². The molecule has 0 spiro atoms. The Hall–Kier alpha value is -3.68. The van der Waals surface area contributed by atoms with Crippen LogP contribution in [0, 0.1) is 17.9 Å². The Morgan fingerprint density at radius 3 is 2.27 bits per heavy atom. The van der Waals surface area contributed by atoms with Crippen molar-refractivity contribution >= 4 is 11.6 Å². The van der Waals surface area contributed by atoms with Gasteiger partial charge in [-0.2, -0.15) is 11.8 Å². The number of nitrogens with one attached hydrogen (secondary N) is 2. The van der Waals surface area contributed by atoms with E-state index in [1.165, 1.54) is 12.5 Å². The molecule has 7 nitrogen and oxygen atoms in total. The minimum absolute atomic E-state index is 0.00974. The van der Waals surface area contributed by atoms with Gasteiger partial charge < -0.3 is 15.4 Å². The van der Waals surface area contributed by atoms with Gasteiger partial charge in [0.25, 0.3) is 5.91 Å². The van der Waals surface area contributed by atoms with Crippen molar-refractivity contribution in [1.29, 1.82) is 5.26 Å². The van der Waals surface area contributed by atoms with Crippen LogP contribution in [0.15, 0.2) is 59.7 Å². The van der Waals surface area contributed by atoms with Crippen molar-refractivity contribution < 1.29 is 9.53 Å². The molecule has 1 amide bonds. The molecule has 0 radical (unpaired) electrons. The van der Waals surface area contributed by atoms with Crippen LogP contribution in [0.25, 0.3) is 4.95 Å². The van der Waals surface area contributed by atoms with E-state index in [0.717, 1.165) is 31.6 Å². The van der Waals surface area contributed by atoms with E-state index in [4.69, 9.17) is 16.6 Å². The maximum atomic E-state index is 12.6. The number of carbonyl (C=O) groups is 1. The van der Waals surface area contributed by atoms with Crippen LogP contribution in [0.2, 0.25) is 0 Å². The summed E-state index contributed by atoms with van der Waals surface area (Å²) in [5.74, 6) is 0.523. The average Bonchev–Trinajstić information content (AvgIpc) is 2.84. The van der Waals surface area contributed by atoms with Crippen molar-refractivity contribution in [3.05, 3.63) is 77.3 Å². The van der Waals surface area contributed by atoms with Crippen LogP contribution in [0.1, 0.15) is 49.5 Å². The van der Waals surface area contributed by atoms with Crippen molar-refractivity contribution in [3.63, 3.8) is 0 Å². The second-order valence-electron chi connectivity index (χ2n) is 7.65. The maximum Gasteiger partial charge on any atom is 0.255 e. The number of hydrogen-bond donors (Lipinski definition) is 2. The van der Waals surface area contributed by atoms with Gasteiger partial charge >= 0.3 is 0 Å². The molecule has 3 rings (SSSR count). The normalized spacial score (nSPS) is 13.3. The van der Waals surface area contributed by atoms with Crippen LogP contribution in [-0.4, -0.2) is 38.4 Å². The number of nitriles is 1. The van der Waals surface area contributed by atoms with Gasteiger partial charge in [-0.15, -0.1) is 4.95 Å². The van der Waals surface area contributed by atoms with Crippen LogP contribution in [-0.2, 0) is 5.41 Å². The lowest BCUT2D eigenvalue weighted by Gasteiger charge is -2.38. The van der Waals surface area contributed by atoms with E-state index < -0.39 is 0 Å². The zero-order valence-electron chi connectivity index (χ0n) is 19.9. The van der Waals surface area contributed by atoms with Crippen molar-refractivity contribution in [2.45, 2.75) is 39.0 Å². The van der Waals surface area contributed by atoms with Gasteiger partial charge in [0.05, 0.1) is 29.6 Å². The summed E-state index contributed by atoms with van der Waals surface area (Å²) in [6, 6.07) is 19.6. The largest absolute Gasteiger partial charge is 0.496 e. The zero-order chi connectivity index (χ0) is 24.5. The summed E-state index contributed by atoms with van der Waals surface area (Å²) in [5.41, 5.74) is 2.68. The molecular formula is C26H33N5O2. The molecule has 1 aliphatic heterocycles. The molecule has 1 saturated heterocycles. The Bertz CT molecular complexity index is 964. The number of ether oxygens (including phenoxy) is 1. The Morgan fingerprint density at radius 1 is 1.18 bits per heavy atom. The van der Waals surface area contributed by atoms with Crippen molar-refractivity contribution in [1.82, 2.24) is 10.6 Å². The highest BCUT2D eigenvalue weighted by molar-refractivity contribution is 5.97. The highest BCUT2D eigenvalue weighted by atomic mass is 16.5. The molecule has 1 aliphatic rings. The Labute approximate surface area is 197 Å². The second-order valence-corrected chi connectivity index (χ2v) is 7.65. The number of para-hydroxylation sites is 1. The van der Waals surface area contributed by atoms with Gasteiger partial charge in [0.2, 0.25) is 0 Å². The van der Waals surface area contributed by atoms with Crippen molar-refractivity contribution in [3.8, 4) is 11.8 Å². The van der Waals surface area contributed by atoms with E-state index in [1.807, 2.05) is 24.3 Å². The number of hydrogen-bond acceptors (Lipinski definition) is 5. The molecular weight excluding hydrogens is 414 g/mol.